The Balaban J connectivity index is 0.00000261. The van der Waals surface area contributed by atoms with Crippen molar-refractivity contribution in [1.82, 2.24) is 21.3 Å². The fourth-order valence-electron chi connectivity index (χ4n) is 3.96. The van der Waals surface area contributed by atoms with Gasteiger partial charge in [-0.3, -0.25) is 4.79 Å². The second kappa shape index (κ2) is 9.95. The van der Waals surface area contributed by atoms with Crippen molar-refractivity contribution in [3.05, 3.63) is 35.9 Å². The summed E-state index contributed by atoms with van der Waals surface area (Å²) in [4.78, 5) is 25.4. The van der Waals surface area contributed by atoms with Gasteiger partial charge in [0, 0.05) is 12.6 Å². The highest BCUT2D eigenvalue weighted by Crippen LogP contribution is 2.30. The molecular weight excluding hydrogens is 364 g/mol. The number of nitrogens with one attached hydrogen (secondary N) is 4. The SMILES string of the molecule is CC1CNCCC1NC(=O)C1(NC(=O)NCc2ccccc2)CCCC1.Cl. The van der Waals surface area contributed by atoms with Crippen LogP contribution in [-0.4, -0.2) is 36.6 Å². The number of benzene rings is 1. The molecule has 6 nitrogen and oxygen atoms in total. The Morgan fingerprint density at radius 2 is 1.89 bits per heavy atom. The Labute approximate surface area is 167 Å². The molecule has 27 heavy (non-hydrogen) atoms. The van der Waals surface area contributed by atoms with Gasteiger partial charge in [0.2, 0.25) is 5.91 Å². The lowest BCUT2D eigenvalue weighted by Gasteiger charge is -2.35. The van der Waals surface area contributed by atoms with E-state index < -0.39 is 5.54 Å². The number of amides is 3. The van der Waals surface area contributed by atoms with Crippen molar-refractivity contribution in [1.29, 1.82) is 0 Å². The fourth-order valence-corrected chi connectivity index (χ4v) is 3.96. The number of urea groups is 1. The van der Waals surface area contributed by atoms with Crippen molar-refractivity contribution < 1.29 is 9.59 Å². The van der Waals surface area contributed by atoms with E-state index in [0.29, 0.717) is 25.3 Å². The van der Waals surface area contributed by atoms with Crippen molar-refractivity contribution in [2.24, 2.45) is 5.92 Å². The number of carbonyl (C=O) groups is 2. The highest BCUT2D eigenvalue weighted by atomic mass is 35.5. The smallest absolute Gasteiger partial charge is 0.315 e. The third kappa shape index (κ3) is 5.59. The van der Waals surface area contributed by atoms with Crippen molar-refractivity contribution >= 4 is 24.3 Å². The van der Waals surface area contributed by atoms with Crippen LogP contribution >= 0.6 is 12.4 Å². The first-order valence-corrected chi connectivity index (χ1v) is 9.71. The first-order chi connectivity index (χ1) is 12.6. The number of hydrogen-bond donors (Lipinski definition) is 4. The molecule has 4 N–H and O–H groups in total. The first kappa shape index (κ1) is 21.5. The molecule has 1 saturated heterocycles. The van der Waals surface area contributed by atoms with Crippen molar-refractivity contribution in [2.45, 2.75) is 57.2 Å². The topological polar surface area (TPSA) is 82.3 Å². The minimum atomic E-state index is -0.772. The van der Waals surface area contributed by atoms with Crippen molar-refractivity contribution in [2.75, 3.05) is 13.1 Å². The molecular formula is C20H31ClN4O2. The van der Waals surface area contributed by atoms with Gasteiger partial charge in [0.05, 0.1) is 0 Å². The summed E-state index contributed by atoms with van der Waals surface area (Å²) in [5, 5.41) is 12.4. The van der Waals surface area contributed by atoms with Gasteiger partial charge in [0.15, 0.2) is 0 Å². The molecule has 2 aliphatic rings. The number of piperidine rings is 1. The number of halogens is 1. The fraction of sp³-hybridized carbons (Fsp3) is 0.600. The molecule has 2 fully saturated rings. The summed E-state index contributed by atoms with van der Waals surface area (Å²) >= 11 is 0. The van der Waals surface area contributed by atoms with Gasteiger partial charge in [-0.2, -0.15) is 0 Å². The molecule has 1 aromatic carbocycles. The second-order valence-electron chi connectivity index (χ2n) is 7.63. The van der Waals surface area contributed by atoms with Crippen LogP contribution in [0.2, 0.25) is 0 Å². The van der Waals surface area contributed by atoms with E-state index in [0.717, 1.165) is 37.9 Å². The van der Waals surface area contributed by atoms with Crippen LogP contribution < -0.4 is 21.3 Å². The maximum absolute atomic E-state index is 13.0. The minimum Gasteiger partial charge on any atom is -0.351 e. The predicted octanol–water partition coefficient (Wildman–Crippen LogP) is 2.33. The van der Waals surface area contributed by atoms with E-state index >= 15 is 0 Å². The van der Waals surface area contributed by atoms with Gasteiger partial charge < -0.3 is 21.3 Å². The Hall–Kier alpha value is -1.79. The quantitative estimate of drug-likeness (QED) is 0.618. The van der Waals surface area contributed by atoms with Crippen LogP contribution in [0.3, 0.4) is 0 Å². The van der Waals surface area contributed by atoms with Crippen LogP contribution in [0.4, 0.5) is 4.79 Å². The summed E-state index contributed by atoms with van der Waals surface area (Å²) in [7, 11) is 0. The summed E-state index contributed by atoms with van der Waals surface area (Å²) in [5.41, 5.74) is 0.266. The second-order valence-corrected chi connectivity index (χ2v) is 7.63. The summed E-state index contributed by atoms with van der Waals surface area (Å²) < 4.78 is 0. The highest BCUT2D eigenvalue weighted by molar-refractivity contribution is 5.91. The van der Waals surface area contributed by atoms with Gasteiger partial charge >= 0.3 is 6.03 Å². The zero-order chi connectivity index (χ0) is 18.4. The van der Waals surface area contributed by atoms with Crippen LogP contribution in [0.15, 0.2) is 30.3 Å². The molecule has 1 aliphatic heterocycles. The van der Waals surface area contributed by atoms with Gasteiger partial charge in [-0.05, 0) is 43.8 Å². The van der Waals surface area contributed by atoms with E-state index in [-0.39, 0.29) is 30.4 Å². The Kier molecular flexibility index (Phi) is 7.92. The molecule has 1 aliphatic carbocycles. The minimum absolute atomic E-state index is 0. The molecule has 1 aromatic rings. The van der Waals surface area contributed by atoms with Crippen LogP contribution in [0.1, 0.15) is 44.6 Å². The largest absolute Gasteiger partial charge is 0.351 e. The van der Waals surface area contributed by atoms with Crippen LogP contribution in [0, 0.1) is 5.92 Å². The van der Waals surface area contributed by atoms with Gasteiger partial charge in [0.1, 0.15) is 5.54 Å². The molecule has 3 rings (SSSR count). The zero-order valence-corrected chi connectivity index (χ0v) is 16.7. The summed E-state index contributed by atoms with van der Waals surface area (Å²) in [6, 6.07) is 9.68. The number of rotatable bonds is 5. The molecule has 0 radical (unpaired) electrons. The average Bonchev–Trinajstić information content (AvgIpc) is 3.12. The lowest BCUT2D eigenvalue weighted by molar-refractivity contribution is -0.128. The maximum Gasteiger partial charge on any atom is 0.315 e. The monoisotopic (exact) mass is 394 g/mol. The zero-order valence-electron chi connectivity index (χ0n) is 15.9. The Morgan fingerprint density at radius 3 is 2.56 bits per heavy atom. The average molecular weight is 395 g/mol. The van der Waals surface area contributed by atoms with Crippen LogP contribution in [0.5, 0.6) is 0 Å². The van der Waals surface area contributed by atoms with Gasteiger partial charge in [-0.1, -0.05) is 50.1 Å². The van der Waals surface area contributed by atoms with Crippen molar-refractivity contribution in [3.8, 4) is 0 Å². The summed E-state index contributed by atoms with van der Waals surface area (Å²) in [6.07, 6.45) is 4.28. The van der Waals surface area contributed by atoms with E-state index in [1.54, 1.807) is 0 Å². The van der Waals surface area contributed by atoms with Crippen molar-refractivity contribution in [3.63, 3.8) is 0 Å². The third-order valence-corrected chi connectivity index (χ3v) is 5.64. The predicted molar refractivity (Wildman–Crippen MR) is 109 cm³/mol. The van der Waals surface area contributed by atoms with E-state index in [2.05, 4.69) is 28.2 Å². The van der Waals surface area contributed by atoms with E-state index in [1.165, 1.54) is 0 Å². The molecule has 1 saturated carbocycles. The van der Waals surface area contributed by atoms with Gasteiger partial charge in [-0.25, -0.2) is 4.79 Å². The maximum atomic E-state index is 13.0. The third-order valence-electron chi connectivity index (χ3n) is 5.64. The molecule has 0 spiro atoms. The highest BCUT2D eigenvalue weighted by Gasteiger charge is 2.43. The Bertz CT molecular complexity index is 620. The van der Waals surface area contributed by atoms with E-state index in [4.69, 9.17) is 0 Å². The molecule has 7 heteroatoms. The lowest BCUT2D eigenvalue weighted by atomic mass is 9.91. The molecule has 0 bridgehead atoms. The normalized spacial score (nSPS) is 23.7. The van der Waals surface area contributed by atoms with E-state index in [9.17, 15) is 9.59 Å². The molecule has 150 valence electrons. The van der Waals surface area contributed by atoms with E-state index in [1.807, 2.05) is 30.3 Å². The van der Waals surface area contributed by atoms with Crippen LogP contribution in [0.25, 0.3) is 0 Å². The molecule has 3 amide bonds. The molecule has 1 heterocycles. The molecule has 2 atom stereocenters. The van der Waals surface area contributed by atoms with Gasteiger partial charge in [0.25, 0.3) is 0 Å². The number of hydrogen-bond acceptors (Lipinski definition) is 3. The summed E-state index contributed by atoms with van der Waals surface area (Å²) in [6.45, 7) is 4.45. The first-order valence-electron chi connectivity index (χ1n) is 9.71. The molecule has 2 unspecified atom stereocenters. The standard InChI is InChI=1S/C20H30N4O2.ClH/c1-15-13-21-12-9-17(15)23-18(25)20(10-5-6-11-20)24-19(26)22-14-16-7-3-2-4-8-16;/h2-4,7-8,15,17,21H,5-6,9-14H2,1H3,(H,23,25)(H2,22,24,26);1H. The Morgan fingerprint density at radius 1 is 1.19 bits per heavy atom. The number of carbonyl (C=O) groups excluding carboxylic acids is 2. The van der Waals surface area contributed by atoms with Gasteiger partial charge in [-0.15, -0.1) is 12.4 Å². The summed E-state index contributed by atoms with van der Waals surface area (Å²) in [5.74, 6) is 0.377. The molecule has 0 aromatic heterocycles. The van der Waals surface area contributed by atoms with Crippen LogP contribution in [-0.2, 0) is 11.3 Å². The lowest BCUT2D eigenvalue weighted by Crippen LogP contribution is -2.62.